The molecule has 0 aromatic carbocycles. The summed E-state index contributed by atoms with van der Waals surface area (Å²) >= 11 is 0. The molecule has 1 heterocycles. The van der Waals surface area contributed by atoms with Gasteiger partial charge in [-0.15, -0.1) is 0 Å². The molecular formula is C25H45NO7. The highest BCUT2D eigenvalue weighted by Gasteiger charge is 2.24. The molecule has 0 aromatic heterocycles. The highest BCUT2D eigenvalue weighted by atomic mass is 16.6. The third-order valence-corrected chi connectivity index (χ3v) is 5.02. The van der Waals surface area contributed by atoms with Crippen molar-refractivity contribution in [1.82, 2.24) is 5.32 Å². The topological polar surface area (TPSA) is 100 Å². The smallest absolute Gasteiger partial charge is 0.417 e. The molecule has 2 aliphatic rings. The van der Waals surface area contributed by atoms with Gasteiger partial charge in [-0.3, -0.25) is 4.79 Å². The van der Waals surface area contributed by atoms with E-state index in [9.17, 15) is 14.4 Å². The Morgan fingerprint density at radius 2 is 1.30 bits per heavy atom. The lowest BCUT2D eigenvalue weighted by Crippen LogP contribution is -2.39. The maximum Gasteiger partial charge on any atom is 0.417 e. The van der Waals surface area contributed by atoms with Gasteiger partial charge in [0.25, 0.3) is 0 Å². The van der Waals surface area contributed by atoms with Gasteiger partial charge in [-0.05, 0) is 74.1 Å². The zero-order chi connectivity index (χ0) is 25.1. The molecule has 1 aliphatic carbocycles. The number of carbonyl (C=O) groups excluding carboxylic acids is 3. The van der Waals surface area contributed by atoms with Crippen LogP contribution in [0, 0.1) is 0 Å². The van der Waals surface area contributed by atoms with E-state index >= 15 is 0 Å². The summed E-state index contributed by atoms with van der Waals surface area (Å²) in [6, 6.07) is 0. The summed E-state index contributed by atoms with van der Waals surface area (Å²) in [6.45, 7) is 12.3. The fourth-order valence-corrected chi connectivity index (χ4v) is 3.75. The highest BCUT2D eigenvalue weighted by Crippen LogP contribution is 2.26. The minimum absolute atomic E-state index is 0.00185. The Balaban J connectivity index is 0.000000337. The van der Waals surface area contributed by atoms with E-state index < -0.39 is 23.4 Å². The third kappa shape index (κ3) is 15.6. The van der Waals surface area contributed by atoms with Gasteiger partial charge in [0, 0.05) is 12.8 Å². The van der Waals surface area contributed by atoms with Crippen LogP contribution in [0.1, 0.15) is 113 Å². The Hall–Kier alpha value is -1.83. The number of amides is 2. The fraction of sp³-hybridized carbons (Fsp3) is 0.880. The first kappa shape index (κ1) is 29.2. The molecule has 1 N–H and O–H groups in total. The normalized spacial score (nSPS) is 22.9. The van der Waals surface area contributed by atoms with Crippen LogP contribution in [0.5, 0.6) is 0 Å². The predicted octanol–water partition coefficient (Wildman–Crippen LogP) is 6.05. The van der Waals surface area contributed by atoms with Crippen LogP contribution >= 0.6 is 0 Å². The van der Waals surface area contributed by atoms with Crippen molar-refractivity contribution in [2.24, 2.45) is 0 Å². The van der Waals surface area contributed by atoms with E-state index in [1.54, 1.807) is 41.5 Å². The van der Waals surface area contributed by atoms with Crippen molar-refractivity contribution in [2.45, 2.75) is 142 Å². The lowest BCUT2D eigenvalue weighted by Gasteiger charge is -2.26. The first-order valence-electron chi connectivity index (χ1n) is 12.3. The number of imide groups is 1. The Morgan fingerprint density at radius 1 is 0.818 bits per heavy atom. The molecule has 2 atom stereocenters. The molecule has 2 unspecified atom stereocenters. The Bertz CT molecular complexity index is 589. The maximum atomic E-state index is 11.5. The number of carbonyl (C=O) groups is 3. The second-order valence-corrected chi connectivity index (χ2v) is 10.9. The molecule has 0 spiro atoms. The molecule has 2 rings (SSSR count). The average Bonchev–Trinajstić information content (AvgIpc) is 3.10. The molecule has 1 saturated carbocycles. The van der Waals surface area contributed by atoms with E-state index in [1.165, 1.54) is 32.1 Å². The summed E-state index contributed by atoms with van der Waals surface area (Å²) in [4.78, 5) is 33.7. The summed E-state index contributed by atoms with van der Waals surface area (Å²) < 4.78 is 21.3. The number of rotatable bonds is 2. The molecule has 192 valence electrons. The van der Waals surface area contributed by atoms with Gasteiger partial charge in [-0.25, -0.2) is 14.9 Å². The van der Waals surface area contributed by atoms with Crippen LogP contribution in [0.4, 0.5) is 9.59 Å². The van der Waals surface area contributed by atoms with Gasteiger partial charge in [0.15, 0.2) is 0 Å². The minimum Gasteiger partial charge on any atom is -0.463 e. The number of alkyl carbamates (subject to hydrolysis) is 2. The molecule has 0 radical (unpaired) electrons. The standard InChI is InChI=1S/C15H26O3.C10H19NO4/c1-12-11-14(18-13-7-5-6-8-13)9-3-2-4-10-15(16)17-12;1-9(2,3)14-7(12)11-8(13)15-10(4,5)6/h12-14H,2-11H2,1H3;1-6H3,(H,11,12,13). The van der Waals surface area contributed by atoms with E-state index in [2.05, 4.69) is 0 Å². The van der Waals surface area contributed by atoms with Crippen LogP contribution in [-0.4, -0.2) is 47.7 Å². The van der Waals surface area contributed by atoms with Gasteiger partial charge >= 0.3 is 18.2 Å². The van der Waals surface area contributed by atoms with E-state index in [0.29, 0.717) is 12.5 Å². The van der Waals surface area contributed by atoms with Gasteiger partial charge in [0.2, 0.25) is 0 Å². The van der Waals surface area contributed by atoms with Crippen LogP contribution in [0.3, 0.4) is 0 Å². The molecule has 2 fully saturated rings. The third-order valence-electron chi connectivity index (χ3n) is 5.02. The fourth-order valence-electron chi connectivity index (χ4n) is 3.75. The summed E-state index contributed by atoms with van der Waals surface area (Å²) in [6.07, 6.45) is 10.00. The summed E-state index contributed by atoms with van der Waals surface area (Å²) in [5, 5.41) is 1.97. The zero-order valence-electron chi connectivity index (χ0n) is 21.7. The van der Waals surface area contributed by atoms with Gasteiger partial charge in [-0.2, -0.15) is 0 Å². The van der Waals surface area contributed by atoms with Crippen molar-refractivity contribution in [2.75, 3.05) is 0 Å². The van der Waals surface area contributed by atoms with Crippen LogP contribution in [0.15, 0.2) is 0 Å². The molecule has 0 bridgehead atoms. The zero-order valence-corrected chi connectivity index (χ0v) is 21.7. The van der Waals surface area contributed by atoms with Crippen molar-refractivity contribution in [3.05, 3.63) is 0 Å². The van der Waals surface area contributed by atoms with Crippen LogP contribution in [-0.2, 0) is 23.7 Å². The second-order valence-electron chi connectivity index (χ2n) is 10.9. The second kappa shape index (κ2) is 13.8. The quantitative estimate of drug-likeness (QED) is 0.387. The monoisotopic (exact) mass is 471 g/mol. The first-order chi connectivity index (χ1) is 15.2. The number of nitrogens with one attached hydrogen (secondary N) is 1. The number of cyclic esters (lactones) is 1. The van der Waals surface area contributed by atoms with Crippen molar-refractivity contribution in [3.63, 3.8) is 0 Å². The van der Waals surface area contributed by atoms with E-state index in [-0.39, 0.29) is 18.2 Å². The number of hydrogen-bond acceptors (Lipinski definition) is 7. The van der Waals surface area contributed by atoms with Gasteiger partial charge in [0.1, 0.15) is 17.3 Å². The molecule has 1 saturated heterocycles. The molecule has 8 nitrogen and oxygen atoms in total. The van der Waals surface area contributed by atoms with E-state index in [4.69, 9.17) is 18.9 Å². The van der Waals surface area contributed by atoms with Gasteiger partial charge < -0.3 is 18.9 Å². The van der Waals surface area contributed by atoms with E-state index in [1.807, 2.05) is 12.2 Å². The molecule has 2 amide bonds. The van der Waals surface area contributed by atoms with Crippen molar-refractivity contribution in [3.8, 4) is 0 Å². The highest BCUT2D eigenvalue weighted by molar-refractivity contribution is 5.87. The maximum absolute atomic E-state index is 11.5. The number of esters is 1. The molecular weight excluding hydrogens is 426 g/mol. The van der Waals surface area contributed by atoms with Gasteiger partial charge in [-0.1, -0.05) is 25.7 Å². The Kier molecular flexibility index (Phi) is 12.2. The SMILES string of the molecule is CC(C)(C)OC(=O)NC(=O)OC(C)(C)C.CC1CC(OC2CCCC2)CCCCCC(=O)O1. The number of hydrogen-bond donors (Lipinski definition) is 1. The first-order valence-corrected chi connectivity index (χ1v) is 12.3. The molecule has 1 aliphatic heterocycles. The van der Waals surface area contributed by atoms with Gasteiger partial charge in [0.05, 0.1) is 12.2 Å². The van der Waals surface area contributed by atoms with Crippen LogP contribution < -0.4 is 5.32 Å². The summed E-state index contributed by atoms with van der Waals surface area (Å²) in [5.74, 6) is -0.0379. The van der Waals surface area contributed by atoms with E-state index in [0.717, 1.165) is 25.7 Å². The molecule has 8 heteroatoms. The number of ether oxygens (including phenoxy) is 4. The largest absolute Gasteiger partial charge is 0.463 e. The lowest BCUT2D eigenvalue weighted by atomic mass is 10.0. The molecule has 0 aromatic rings. The molecule has 33 heavy (non-hydrogen) atoms. The Morgan fingerprint density at radius 3 is 1.82 bits per heavy atom. The predicted molar refractivity (Wildman–Crippen MR) is 126 cm³/mol. The average molecular weight is 472 g/mol. The summed E-state index contributed by atoms with van der Waals surface area (Å²) in [5.41, 5.74) is -1.27. The lowest BCUT2D eigenvalue weighted by molar-refractivity contribution is -0.151. The van der Waals surface area contributed by atoms with Crippen LogP contribution in [0.2, 0.25) is 0 Å². The minimum atomic E-state index is -0.809. The van der Waals surface area contributed by atoms with Crippen molar-refractivity contribution >= 4 is 18.2 Å². The summed E-state index contributed by atoms with van der Waals surface area (Å²) in [7, 11) is 0. The van der Waals surface area contributed by atoms with Crippen LogP contribution in [0.25, 0.3) is 0 Å². The van der Waals surface area contributed by atoms with Crippen molar-refractivity contribution in [1.29, 1.82) is 0 Å². The van der Waals surface area contributed by atoms with Crippen molar-refractivity contribution < 1.29 is 33.3 Å². The Labute approximate surface area is 199 Å².